The number of fused-ring (bicyclic) bond motifs is 1. The maximum absolute atomic E-state index is 12.2. The Morgan fingerprint density at radius 2 is 2.30 bits per heavy atom. The molecule has 0 aliphatic heterocycles. The minimum atomic E-state index is -0.112. The summed E-state index contributed by atoms with van der Waals surface area (Å²) in [6, 6.07) is 5.74. The molecule has 0 radical (unpaired) electrons. The molecule has 5 heteroatoms. The maximum atomic E-state index is 12.2. The second kappa shape index (κ2) is 6.95. The van der Waals surface area contributed by atoms with Crippen molar-refractivity contribution in [3.8, 4) is 0 Å². The molecular weight excluding hydrogens is 276 g/mol. The van der Waals surface area contributed by atoms with Crippen LogP contribution in [0.1, 0.15) is 36.9 Å². The third kappa shape index (κ3) is 3.25. The molecule has 0 saturated heterocycles. The van der Waals surface area contributed by atoms with Crippen LogP contribution in [0.4, 0.5) is 4.79 Å². The van der Waals surface area contributed by atoms with Gasteiger partial charge in [-0.1, -0.05) is 30.7 Å². The number of rotatable bonds is 5. The first-order valence-corrected chi connectivity index (χ1v) is 7.48. The Morgan fingerprint density at radius 1 is 1.50 bits per heavy atom. The Balaban J connectivity index is 2.05. The summed E-state index contributed by atoms with van der Waals surface area (Å²) >= 11 is 6.18. The molecule has 0 saturated carbocycles. The van der Waals surface area contributed by atoms with Gasteiger partial charge in [0.15, 0.2) is 0 Å². The van der Waals surface area contributed by atoms with Gasteiger partial charge in [-0.2, -0.15) is 0 Å². The first-order valence-electron chi connectivity index (χ1n) is 7.11. The molecule has 0 spiro atoms. The zero-order valence-electron chi connectivity index (χ0n) is 11.7. The number of hydrogen-bond acceptors (Lipinski definition) is 2. The molecule has 0 heterocycles. The van der Waals surface area contributed by atoms with E-state index in [0.29, 0.717) is 13.1 Å². The molecule has 2 amide bonds. The summed E-state index contributed by atoms with van der Waals surface area (Å²) in [5.74, 6) is 0. The van der Waals surface area contributed by atoms with E-state index >= 15 is 0 Å². The van der Waals surface area contributed by atoms with Gasteiger partial charge in [0.05, 0.1) is 12.6 Å². The summed E-state index contributed by atoms with van der Waals surface area (Å²) in [5, 5.41) is 12.9. The normalized spacial score (nSPS) is 16.9. The summed E-state index contributed by atoms with van der Waals surface area (Å²) in [5.41, 5.74) is 2.26. The van der Waals surface area contributed by atoms with E-state index < -0.39 is 0 Å². The van der Waals surface area contributed by atoms with E-state index in [1.54, 1.807) is 4.90 Å². The van der Waals surface area contributed by atoms with Crippen LogP contribution in [-0.2, 0) is 6.42 Å². The number of aliphatic hydroxyl groups is 1. The second-order valence-electron chi connectivity index (χ2n) is 5.06. The summed E-state index contributed by atoms with van der Waals surface area (Å²) < 4.78 is 0. The predicted octanol–water partition coefficient (Wildman–Crippen LogP) is 2.74. The average molecular weight is 297 g/mol. The van der Waals surface area contributed by atoms with Crippen molar-refractivity contribution >= 4 is 17.6 Å². The van der Waals surface area contributed by atoms with Gasteiger partial charge in [0.25, 0.3) is 0 Å². The van der Waals surface area contributed by atoms with E-state index in [4.69, 9.17) is 16.7 Å². The van der Waals surface area contributed by atoms with Gasteiger partial charge in [0.2, 0.25) is 0 Å². The molecule has 1 unspecified atom stereocenters. The molecule has 1 aliphatic carbocycles. The van der Waals surface area contributed by atoms with Gasteiger partial charge < -0.3 is 15.3 Å². The lowest BCUT2D eigenvalue weighted by Gasteiger charge is -2.24. The highest BCUT2D eigenvalue weighted by Gasteiger charge is 2.26. The van der Waals surface area contributed by atoms with Gasteiger partial charge in [0, 0.05) is 18.1 Å². The lowest BCUT2D eigenvalue weighted by Crippen LogP contribution is -2.43. The number of halogens is 1. The number of nitrogens with one attached hydrogen (secondary N) is 1. The highest BCUT2D eigenvalue weighted by molar-refractivity contribution is 6.31. The number of benzene rings is 1. The lowest BCUT2D eigenvalue weighted by molar-refractivity contribution is 0.174. The minimum absolute atomic E-state index is 0.0134. The molecular formula is C15H21ClN2O2. The fourth-order valence-corrected chi connectivity index (χ4v) is 2.98. The maximum Gasteiger partial charge on any atom is 0.317 e. The minimum Gasteiger partial charge on any atom is -0.395 e. The van der Waals surface area contributed by atoms with Gasteiger partial charge in [-0.3, -0.25) is 0 Å². The highest BCUT2D eigenvalue weighted by Crippen LogP contribution is 2.35. The first kappa shape index (κ1) is 15.1. The smallest absolute Gasteiger partial charge is 0.317 e. The number of hydrogen-bond donors (Lipinski definition) is 2. The van der Waals surface area contributed by atoms with Crippen molar-refractivity contribution in [1.82, 2.24) is 10.2 Å². The molecule has 0 aromatic heterocycles. The summed E-state index contributed by atoms with van der Waals surface area (Å²) in [4.78, 5) is 13.9. The quantitative estimate of drug-likeness (QED) is 0.878. The molecule has 0 bridgehead atoms. The molecule has 0 fully saturated rings. The number of aliphatic hydroxyl groups excluding tert-OH is 1. The molecule has 2 rings (SSSR count). The van der Waals surface area contributed by atoms with Crippen molar-refractivity contribution in [2.45, 2.75) is 32.2 Å². The van der Waals surface area contributed by atoms with Gasteiger partial charge >= 0.3 is 6.03 Å². The largest absolute Gasteiger partial charge is 0.395 e. The molecule has 110 valence electrons. The van der Waals surface area contributed by atoms with Crippen LogP contribution in [0.25, 0.3) is 0 Å². The Morgan fingerprint density at radius 3 is 3.00 bits per heavy atom. The van der Waals surface area contributed by atoms with E-state index in [2.05, 4.69) is 5.32 Å². The number of nitrogens with zero attached hydrogens (tertiary/aromatic N) is 1. The fraction of sp³-hybridized carbons (Fsp3) is 0.533. The van der Waals surface area contributed by atoms with Crippen LogP contribution in [-0.4, -0.2) is 35.7 Å². The van der Waals surface area contributed by atoms with Crippen LogP contribution in [0.2, 0.25) is 5.02 Å². The fourth-order valence-electron chi connectivity index (χ4n) is 2.71. The first-order chi connectivity index (χ1) is 9.67. The Labute approximate surface area is 124 Å². The standard InChI is InChI=1S/C15H21ClN2O2/c1-2-8-18(9-10-19)15(20)17-14-7-6-11-12(14)4-3-5-13(11)16/h3-5,14,19H,2,6-10H2,1H3,(H,17,20). The molecule has 1 atom stereocenters. The van der Waals surface area contributed by atoms with Crippen molar-refractivity contribution in [2.24, 2.45) is 0 Å². The van der Waals surface area contributed by atoms with Crippen LogP contribution >= 0.6 is 11.6 Å². The Hall–Kier alpha value is -1.26. The van der Waals surface area contributed by atoms with Crippen LogP contribution in [0, 0.1) is 0 Å². The van der Waals surface area contributed by atoms with E-state index in [9.17, 15) is 4.79 Å². The van der Waals surface area contributed by atoms with E-state index in [1.165, 1.54) is 0 Å². The third-order valence-corrected chi connectivity index (χ3v) is 4.02. The topological polar surface area (TPSA) is 52.6 Å². The van der Waals surface area contributed by atoms with Crippen molar-refractivity contribution in [2.75, 3.05) is 19.7 Å². The van der Waals surface area contributed by atoms with Gasteiger partial charge in [-0.05, 0) is 36.5 Å². The Bertz CT molecular complexity index is 473. The molecule has 4 nitrogen and oxygen atoms in total. The SMILES string of the molecule is CCCN(CCO)C(=O)NC1CCc2c(Cl)cccc21. The molecule has 1 aromatic rings. The zero-order valence-corrected chi connectivity index (χ0v) is 12.5. The number of amides is 2. The molecule has 2 N–H and O–H groups in total. The monoisotopic (exact) mass is 296 g/mol. The van der Waals surface area contributed by atoms with Crippen molar-refractivity contribution in [1.29, 1.82) is 0 Å². The number of carbonyl (C=O) groups is 1. The number of urea groups is 1. The predicted molar refractivity (Wildman–Crippen MR) is 80.0 cm³/mol. The van der Waals surface area contributed by atoms with Crippen LogP contribution < -0.4 is 5.32 Å². The molecule has 20 heavy (non-hydrogen) atoms. The van der Waals surface area contributed by atoms with Crippen LogP contribution in [0.3, 0.4) is 0 Å². The average Bonchev–Trinajstić information content (AvgIpc) is 2.83. The number of carbonyl (C=O) groups excluding carboxylic acids is 1. The van der Waals surface area contributed by atoms with E-state index in [0.717, 1.165) is 35.4 Å². The van der Waals surface area contributed by atoms with Crippen molar-refractivity contribution < 1.29 is 9.90 Å². The van der Waals surface area contributed by atoms with Crippen molar-refractivity contribution in [3.63, 3.8) is 0 Å². The third-order valence-electron chi connectivity index (χ3n) is 3.66. The van der Waals surface area contributed by atoms with Gasteiger partial charge in [-0.25, -0.2) is 4.79 Å². The van der Waals surface area contributed by atoms with E-state index in [-0.39, 0.29) is 18.7 Å². The molecule has 1 aromatic carbocycles. The van der Waals surface area contributed by atoms with Crippen LogP contribution in [0.5, 0.6) is 0 Å². The van der Waals surface area contributed by atoms with Crippen molar-refractivity contribution in [3.05, 3.63) is 34.3 Å². The zero-order chi connectivity index (χ0) is 14.5. The summed E-state index contributed by atoms with van der Waals surface area (Å²) in [7, 11) is 0. The Kier molecular flexibility index (Phi) is 5.26. The summed E-state index contributed by atoms with van der Waals surface area (Å²) in [6.45, 7) is 3.03. The molecule has 1 aliphatic rings. The summed E-state index contributed by atoms with van der Waals surface area (Å²) in [6.07, 6.45) is 2.65. The van der Waals surface area contributed by atoms with E-state index in [1.807, 2.05) is 25.1 Å². The van der Waals surface area contributed by atoms with Gasteiger partial charge in [-0.15, -0.1) is 0 Å². The lowest BCUT2D eigenvalue weighted by atomic mass is 10.1. The second-order valence-corrected chi connectivity index (χ2v) is 5.47. The highest BCUT2D eigenvalue weighted by atomic mass is 35.5. The van der Waals surface area contributed by atoms with Gasteiger partial charge in [0.1, 0.15) is 0 Å². The van der Waals surface area contributed by atoms with Crippen LogP contribution in [0.15, 0.2) is 18.2 Å².